The van der Waals surface area contributed by atoms with E-state index in [9.17, 15) is 77.3 Å². The van der Waals surface area contributed by atoms with Crippen LogP contribution in [0.25, 0.3) is 0 Å². The summed E-state index contributed by atoms with van der Waals surface area (Å²) in [6.45, 7) is 20.9. The molecule has 388 valence electrons. The molecule has 1 saturated carbocycles. The topological polar surface area (TPSA) is 151 Å². The summed E-state index contributed by atoms with van der Waals surface area (Å²) in [7, 11) is 0. The SMILES string of the molecule is CCC(C)(C)C(=O)O.CCC(C)C(=O)OC1CC(C(O)(C(F)(F)F)C(F)(F)F)CC(C(O)(C(F)(F)F)C(F)(F)F)C1.CCC(C)c1ccc(O)cc1.CCCCCCOC(=O)C(C)(C)CC. The van der Waals surface area contributed by atoms with Gasteiger partial charge in [-0.05, 0) is 103 Å². The largest absolute Gasteiger partial charge is 0.508 e. The maximum Gasteiger partial charge on any atom is 0.426 e. The van der Waals surface area contributed by atoms with Crippen molar-refractivity contribution in [3.63, 3.8) is 0 Å². The van der Waals surface area contributed by atoms with E-state index >= 15 is 0 Å². The first-order valence-electron chi connectivity index (χ1n) is 21.8. The Morgan fingerprint density at radius 1 is 0.636 bits per heavy atom. The van der Waals surface area contributed by atoms with Gasteiger partial charge in [-0.25, -0.2) is 0 Å². The molecule has 0 amide bonds. The van der Waals surface area contributed by atoms with Gasteiger partial charge in [0.15, 0.2) is 0 Å². The molecule has 4 unspecified atom stereocenters. The van der Waals surface area contributed by atoms with E-state index in [0.29, 0.717) is 24.7 Å². The monoisotopic (exact) mass is 982 g/mol. The van der Waals surface area contributed by atoms with E-state index in [0.717, 1.165) is 25.7 Å². The van der Waals surface area contributed by atoms with E-state index in [1.54, 1.807) is 26.0 Å². The van der Waals surface area contributed by atoms with Crippen LogP contribution in [0.15, 0.2) is 24.3 Å². The highest BCUT2D eigenvalue weighted by Crippen LogP contribution is 2.58. The van der Waals surface area contributed by atoms with Crippen molar-refractivity contribution >= 4 is 17.9 Å². The van der Waals surface area contributed by atoms with Gasteiger partial charge in [-0.15, -0.1) is 0 Å². The van der Waals surface area contributed by atoms with Crippen LogP contribution in [0.4, 0.5) is 52.7 Å². The van der Waals surface area contributed by atoms with Crippen LogP contribution in [0.1, 0.15) is 158 Å². The summed E-state index contributed by atoms with van der Waals surface area (Å²) in [5.41, 5.74) is -11.0. The molecule has 0 spiro atoms. The molecular formula is C45H70F12O9. The smallest absolute Gasteiger partial charge is 0.426 e. The number of aliphatic carboxylic acids is 1. The molecule has 1 fully saturated rings. The van der Waals surface area contributed by atoms with Crippen LogP contribution in [0.5, 0.6) is 5.75 Å². The standard InChI is InChI=1S/C17H20F12O4.C12H24O2.C10H14O.C6H12O2/c1-3-7(2)11(30)33-10-5-8(12(31,14(18,19)20)15(21,22)23)4-9(6-10)13(32,16(24,25)26)17(27,28)29;1-5-7-8-9-10-14-11(13)12(3,4)6-2;1-3-8(2)9-4-6-10(11)7-5-9;1-4-6(2,3)5(7)8/h7-10,31-32H,3-6H2,1-2H3;5-10H2,1-4H3;4-8,11H,3H2,1-2H3;4H2,1-3H3,(H,7,8). The number of hydrogen-bond donors (Lipinski definition) is 4. The number of aromatic hydroxyl groups is 1. The lowest BCUT2D eigenvalue weighted by molar-refractivity contribution is -0.405. The van der Waals surface area contributed by atoms with Crippen LogP contribution in [-0.4, -0.2) is 87.0 Å². The Balaban J connectivity index is 0. The van der Waals surface area contributed by atoms with Gasteiger partial charge in [0, 0.05) is 11.8 Å². The highest BCUT2D eigenvalue weighted by Gasteiger charge is 2.78. The van der Waals surface area contributed by atoms with Gasteiger partial charge in [0.25, 0.3) is 11.2 Å². The molecule has 0 bridgehead atoms. The molecule has 1 aromatic carbocycles. The van der Waals surface area contributed by atoms with E-state index in [4.69, 9.17) is 14.9 Å². The number of rotatable bonds is 16. The van der Waals surface area contributed by atoms with Crippen molar-refractivity contribution in [3.05, 3.63) is 29.8 Å². The van der Waals surface area contributed by atoms with Gasteiger partial charge in [0.1, 0.15) is 11.9 Å². The summed E-state index contributed by atoms with van der Waals surface area (Å²) in [6.07, 6.45) is -26.6. The highest BCUT2D eigenvalue weighted by atomic mass is 19.4. The van der Waals surface area contributed by atoms with Crippen molar-refractivity contribution in [2.24, 2.45) is 28.6 Å². The number of phenolic OH excluding ortho intramolecular Hbond substituents is 1. The maximum atomic E-state index is 13.3. The molecule has 4 atom stereocenters. The molecule has 0 radical (unpaired) electrons. The number of benzene rings is 1. The van der Waals surface area contributed by atoms with Gasteiger partial charge in [0.2, 0.25) is 0 Å². The summed E-state index contributed by atoms with van der Waals surface area (Å²) in [4.78, 5) is 33.7. The van der Waals surface area contributed by atoms with Crippen LogP contribution in [0.3, 0.4) is 0 Å². The summed E-state index contributed by atoms with van der Waals surface area (Å²) >= 11 is 0. The molecule has 0 aliphatic heterocycles. The Morgan fingerprint density at radius 2 is 1.05 bits per heavy atom. The molecule has 1 aliphatic carbocycles. The normalized spacial score (nSPS) is 18.5. The second-order valence-corrected chi connectivity index (χ2v) is 17.9. The molecule has 2 rings (SSSR count). The number of carboxylic acids is 1. The Kier molecular flexibility index (Phi) is 25.8. The van der Waals surface area contributed by atoms with Gasteiger partial charge in [-0.1, -0.05) is 79.9 Å². The van der Waals surface area contributed by atoms with Crippen LogP contribution in [0.2, 0.25) is 0 Å². The molecule has 1 aromatic rings. The predicted octanol–water partition coefficient (Wildman–Crippen LogP) is 13.0. The van der Waals surface area contributed by atoms with Crippen molar-refractivity contribution < 1.29 is 97.0 Å². The maximum absolute atomic E-state index is 13.3. The van der Waals surface area contributed by atoms with Crippen molar-refractivity contribution in [1.29, 1.82) is 0 Å². The number of phenols is 1. The first kappa shape index (κ1) is 64.6. The fourth-order valence-corrected chi connectivity index (χ4v) is 5.96. The molecule has 1 aliphatic rings. The second-order valence-electron chi connectivity index (χ2n) is 17.9. The Bertz CT molecular complexity index is 1510. The molecule has 0 aromatic heterocycles. The minimum absolute atomic E-state index is 0.0164. The van der Waals surface area contributed by atoms with Crippen molar-refractivity contribution in [2.75, 3.05) is 6.61 Å². The van der Waals surface area contributed by atoms with Crippen LogP contribution < -0.4 is 0 Å². The van der Waals surface area contributed by atoms with Crippen molar-refractivity contribution in [1.82, 2.24) is 0 Å². The van der Waals surface area contributed by atoms with Gasteiger partial charge >= 0.3 is 42.6 Å². The summed E-state index contributed by atoms with van der Waals surface area (Å²) in [6, 6.07) is 7.43. The fourth-order valence-electron chi connectivity index (χ4n) is 5.96. The lowest BCUT2D eigenvalue weighted by Gasteiger charge is -2.48. The van der Waals surface area contributed by atoms with Gasteiger partial charge in [-0.3, -0.25) is 14.4 Å². The fraction of sp³-hybridized carbons (Fsp3) is 0.800. The number of unbranched alkanes of at least 4 members (excludes halogenated alkanes) is 3. The molecule has 0 saturated heterocycles. The average Bonchev–Trinajstić information content (AvgIpc) is 3.21. The zero-order valence-corrected chi connectivity index (χ0v) is 39.5. The van der Waals surface area contributed by atoms with Gasteiger partial charge in [0.05, 0.1) is 23.4 Å². The van der Waals surface area contributed by atoms with Gasteiger partial charge in [-0.2, -0.15) is 52.7 Å². The zero-order chi connectivity index (χ0) is 52.5. The molecule has 0 heterocycles. The molecular weight excluding hydrogens is 912 g/mol. The lowest BCUT2D eigenvalue weighted by atomic mass is 9.65. The Morgan fingerprint density at radius 3 is 1.35 bits per heavy atom. The summed E-state index contributed by atoms with van der Waals surface area (Å²) < 4.78 is 169. The minimum atomic E-state index is -6.57. The number of ether oxygens (including phenoxy) is 2. The summed E-state index contributed by atoms with van der Waals surface area (Å²) in [5, 5.41) is 36.6. The minimum Gasteiger partial charge on any atom is -0.508 e. The van der Waals surface area contributed by atoms with Crippen molar-refractivity contribution in [2.45, 2.75) is 195 Å². The third kappa shape index (κ3) is 18.5. The first-order valence-corrected chi connectivity index (χ1v) is 21.8. The average molecular weight is 983 g/mol. The van der Waals surface area contributed by atoms with E-state index in [-0.39, 0.29) is 17.8 Å². The molecule has 9 nitrogen and oxygen atoms in total. The number of carbonyl (C=O) groups excluding carboxylic acids is 2. The second kappa shape index (κ2) is 26.3. The molecule has 66 heavy (non-hydrogen) atoms. The number of halogens is 12. The zero-order valence-electron chi connectivity index (χ0n) is 39.5. The number of aliphatic hydroxyl groups is 2. The van der Waals surface area contributed by atoms with Crippen LogP contribution in [-0.2, 0) is 23.9 Å². The number of carboxylic acid groups (broad SMARTS) is 1. The number of esters is 2. The van der Waals surface area contributed by atoms with Crippen LogP contribution >= 0.6 is 0 Å². The van der Waals surface area contributed by atoms with Crippen molar-refractivity contribution in [3.8, 4) is 5.75 Å². The Labute approximate surface area is 380 Å². The quantitative estimate of drug-likeness (QED) is 0.0721. The van der Waals surface area contributed by atoms with E-state index in [2.05, 4.69) is 25.5 Å². The lowest BCUT2D eigenvalue weighted by Crippen LogP contribution is -2.67. The molecule has 21 heteroatoms. The predicted molar refractivity (Wildman–Crippen MR) is 222 cm³/mol. The van der Waals surface area contributed by atoms with E-state index in [1.165, 1.54) is 32.3 Å². The van der Waals surface area contributed by atoms with Gasteiger partial charge < -0.3 is 29.9 Å². The number of alkyl halides is 12. The number of carbonyl (C=O) groups is 3. The third-order valence-electron chi connectivity index (χ3n) is 12.1. The van der Waals surface area contributed by atoms with E-state index < -0.39 is 96.4 Å². The Hall–Kier alpha value is -3.49. The highest BCUT2D eigenvalue weighted by molar-refractivity contribution is 5.75. The summed E-state index contributed by atoms with van der Waals surface area (Å²) in [5.74, 6) is -8.90. The molecule has 4 N–H and O–H groups in total. The third-order valence-corrected chi connectivity index (χ3v) is 12.1. The van der Waals surface area contributed by atoms with Crippen LogP contribution in [0, 0.1) is 28.6 Å². The number of hydrogen-bond acceptors (Lipinski definition) is 8. The van der Waals surface area contributed by atoms with E-state index in [1.807, 2.05) is 39.8 Å². The first-order chi connectivity index (χ1) is 29.7.